The van der Waals surface area contributed by atoms with Gasteiger partial charge >= 0.3 is 5.69 Å². The van der Waals surface area contributed by atoms with Crippen molar-refractivity contribution in [1.82, 2.24) is 14.8 Å². The van der Waals surface area contributed by atoms with Crippen LogP contribution < -0.4 is 15.7 Å². The maximum absolute atomic E-state index is 12.5. The fourth-order valence-corrected chi connectivity index (χ4v) is 3.61. The number of thioether (sulfide) groups is 1. The first kappa shape index (κ1) is 20.7. The number of amides is 1. The molecule has 0 aliphatic heterocycles. The lowest BCUT2D eigenvalue weighted by Gasteiger charge is -2.12. The molecule has 0 radical (unpaired) electrons. The molecule has 0 bridgehead atoms. The molecule has 0 aliphatic carbocycles. The largest absolute Gasteiger partial charge is 0.494 e. The molecule has 1 aromatic heterocycles. The minimum absolute atomic E-state index is 0.163. The summed E-state index contributed by atoms with van der Waals surface area (Å²) in [6, 6.07) is 17.1. The lowest BCUT2D eigenvalue weighted by Crippen LogP contribution is -2.24. The molecule has 29 heavy (non-hydrogen) atoms. The van der Waals surface area contributed by atoms with Crippen molar-refractivity contribution in [3.8, 4) is 5.75 Å². The lowest BCUT2D eigenvalue weighted by molar-refractivity contribution is -0.115. The van der Waals surface area contributed by atoms with Crippen LogP contribution >= 0.6 is 11.8 Å². The summed E-state index contributed by atoms with van der Waals surface area (Å²) < 4.78 is 6.97. The van der Waals surface area contributed by atoms with Crippen molar-refractivity contribution in [3.63, 3.8) is 0 Å². The zero-order valence-electron chi connectivity index (χ0n) is 16.4. The predicted molar refractivity (Wildman–Crippen MR) is 115 cm³/mol. The zero-order valence-corrected chi connectivity index (χ0v) is 17.2. The Bertz CT molecular complexity index is 983. The summed E-state index contributed by atoms with van der Waals surface area (Å²) in [5, 5.41) is 9.51. The number of anilines is 1. The van der Waals surface area contributed by atoms with E-state index < -0.39 is 5.25 Å². The van der Waals surface area contributed by atoms with Crippen molar-refractivity contribution >= 4 is 23.4 Å². The lowest BCUT2D eigenvalue weighted by atomic mass is 10.1. The smallest absolute Gasteiger partial charge is 0.343 e. The van der Waals surface area contributed by atoms with E-state index in [1.54, 1.807) is 23.6 Å². The molecule has 3 aromatic rings. The van der Waals surface area contributed by atoms with Gasteiger partial charge in [0, 0.05) is 12.2 Å². The van der Waals surface area contributed by atoms with E-state index in [2.05, 4.69) is 15.5 Å². The third-order valence-electron chi connectivity index (χ3n) is 4.27. The second-order valence-electron chi connectivity index (χ2n) is 6.41. The fourth-order valence-electron chi connectivity index (χ4n) is 2.73. The standard InChI is InChI=1S/C21H24N4O3S/c1-3-28-18-11-9-17(10-12-18)22-19(26)15(2)29-21-24-23-20(27)25(21)14-13-16-7-5-4-6-8-16/h4-12,15H,3,13-14H2,1-2H3,(H,22,26)(H,23,27). The summed E-state index contributed by atoms with van der Waals surface area (Å²) in [4.78, 5) is 24.6. The van der Waals surface area contributed by atoms with Crippen molar-refractivity contribution in [2.45, 2.75) is 37.2 Å². The maximum atomic E-state index is 12.5. The summed E-state index contributed by atoms with van der Waals surface area (Å²) in [5.41, 5.74) is 1.55. The molecule has 0 saturated carbocycles. The second kappa shape index (κ2) is 9.97. The molecule has 1 amide bonds. The number of carbonyl (C=O) groups excluding carboxylic acids is 1. The van der Waals surface area contributed by atoms with Crippen LogP contribution in [0.2, 0.25) is 0 Å². The molecule has 8 heteroatoms. The number of aryl methyl sites for hydroxylation is 1. The first-order valence-electron chi connectivity index (χ1n) is 9.46. The Morgan fingerprint density at radius 2 is 1.93 bits per heavy atom. The van der Waals surface area contributed by atoms with Gasteiger partial charge in [-0.3, -0.25) is 9.36 Å². The number of hydrogen-bond acceptors (Lipinski definition) is 5. The van der Waals surface area contributed by atoms with Gasteiger partial charge in [-0.15, -0.1) is 5.10 Å². The quantitative estimate of drug-likeness (QED) is 0.526. The van der Waals surface area contributed by atoms with E-state index in [1.807, 2.05) is 49.4 Å². The molecule has 2 aromatic carbocycles. The number of nitrogens with zero attached hydrogens (tertiary/aromatic N) is 2. The monoisotopic (exact) mass is 412 g/mol. The number of carbonyl (C=O) groups is 1. The van der Waals surface area contributed by atoms with E-state index in [0.717, 1.165) is 11.3 Å². The molecular weight excluding hydrogens is 388 g/mol. The zero-order chi connectivity index (χ0) is 20.6. The Morgan fingerprint density at radius 3 is 2.62 bits per heavy atom. The Balaban J connectivity index is 1.60. The summed E-state index contributed by atoms with van der Waals surface area (Å²) in [5.74, 6) is 0.594. The van der Waals surface area contributed by atoms with Crippen LogP contribution in [-0.4, -0.2) is 32.5 Å². The molecule has 152 valence electrons. The molecule has 0 fully saturated rings. The molecule has 0 aliphatic rings. The number of aromatic nitrogens is 3. The highest BCUT2D eigenvalue weighted by atomic mass is 32.2. The van der Waals surface area contributed by atoms with Crippen LogP contribution in [0.25, 0.3) is 0 Å². The first-order valence-corrected chi connectivity index (χ1v) is 10.3. The first-order chi connectivity index (χ1) is 14.1. The topological polar surface area (TPSA) is 89.0 Å². The van der Waals surface area contributed by atoms with Gasteiger partial charge in [0.1, 0.15) is 5.75 Å². The number of hydrogen-bond donors (Lipinski definition) is 2. The SMILES string of the molecule is CCOc1ccc(NC(=O)C(C)Sc2n[nH]c(=O)n2CCc2ccccc2)cc1. The van der Waals surface area contributed by atoms with Gasteiger partial charge in [-0.1, -0.05) is 42.1 Å². The minimum Gasteiger partial charge on any atom is -0.494 e. The van der Waals surface area contributed by atoms with Gasteiger partial charge in [0.25, 0.3) is 0 Å². The average Bonchev–Trinajstić information content (AvgIpc) is 3.08. The van der Waals surface area contributed by atoms with E-state index in [1.165, 1.54) is 11.8 Å². The molecular formula is C21H24N4O3S. The van der Waals surface area contributed by atoms with Crippen molar-refractivity contribution in [3.05, 3.63) is 70.6 Å². The molecule has 7 nitrogen and oxygen atoms in total. The van der Waals surface area contributed by atoms with Crippen LogP contribution in [0.5, 0.6) is 5.75 Å². The van der Waals surface area contributed by atoms with Crippen LogP contribution in [0.1, 0.15) is 19.4 Å². The Labute approximate surface area is 173 Å². The maximum Gasteiger partial charge on any atom is 0.343 e. The third kappa shape index (κ3) is 5.74. The average molecular weight is 413 g/mol. The van der Waals surface area contributed by atoms with Gasteiger partial charge < -0.3 is 10.1 Å². The molecule has 1 atom stereocenters. The van der Waals surface area contributed by atoms with Crippen LogP contribution in [0.4, 0.5) is 5.69 Å². The summed E-state index contributed by atoms with van der Waals surface area (Å²) in [6.07, 6.45) is 0.709. The van der Waals surface area contributed by atoms with E-state index in [9.17, 15) is 9.59 Å². The Hall–Kier alpha value is -3.00. The highest BCUT2D eigenvalue weighted by Gasteiger charge is 2.19. The van der Waals surface area contributed by atoms with E-state index in [4.69, 9.17) is 4.74 Å². The third-order valence-corrected chi connectivity index (χ3v) is 5.36. The molecule has 3 rings (SSSR count). The fraction of sp³-hybridized carbons (Fsp3) is 0.286. The molecule has 0 spiro atoms. The van der Waals surface area contributed by atoms with Gasteiger partial charge in [0.05, 0.1) is 11.9 Å². The number of H-pyrrole nitrogens is 1. The second-order valence-corrected chi connectivity index (χ2v) is 7.71. The van der Waals surface area contributed by atoms with Gasteiger partial charge in [0.15, 0.2) is 5.16 Å². The number of benzene rings is 2. The van der Waals surface area contributed by atoms with Gasteiger partial charge in [-0.2, -0.15) is 0 Å². The van der Waals surface area contributed by atoms with Crippen LogP contribution in [0, 0.1) is 0 Å². The number of nitrogens with one attached hydrogen (secondary N) is 2. The van der Waals surface area contributed by atoms with E-state index >= 15 is 0 Å². The van der Waals surface area contributed by atoms with Gasteiger partial charge in [0.2, 0.25) is 5.91 Å². The van der Waals surface area contributed by atoms with E-state index in [0.29, 0.717) is 30.4 Å². The molecule has 0 saturated heterocycles. The molecule has 1 unspecified atom stereocenters. The summed E-state index contributed by atoms with van der Waals surface area (Å²) in [6.45, 7) is 4.79. The van der Waals surface area contributed by atoms with E-state index in [-0.39, 0.29) is 11.6 Å². The van der Waals surface area contributed by atoms with Crippen molar-refractivity contribution < 1.29 is 9.53 Å². The number of aromatic amines is 1. The van der Waals surface area contributed by atoms with Crippen LogP contribution in [-0.2, 0) is 17.8 Å². The van der Waals surface area contributed by atoms with Gasteiger partial charge in [-0.25, -0.2) is 9.89 Å². The molecule has 2 N–H and O–H groups in total. The van der Waals surface area contributed by atoms with Crippen LogP contribution in [0.3, 0.4) is 0 Å². The molecule has 1 heterocycles. The van der Waals surface area contributed by atoms with Crippen molar-refractivity contribution in [2.75, 3.05) is 11.9 Å². The summed E-state index contributed by atoms with van der Waals surface area (Å²) >= 11 is 1.25. The van der Waals surface area contributed by atoms with Crippen LogP contribution in [0.15, 0.2) is 64.5 Å². The number of ether oxygens (including phenoxy) is 1. The minimum atomic E-state index is -0.424. The van der Waals surface area contributed by atoms with Gasteiger partial charge in [-0.05, 0) is 50.1 Å². The number of rotatable bonds is 9. The highest BCUT2D eigenvalue weighted by molar-refractivity contribution is 8.00. The van der Waals surface area contributed by atoms with Crippen molar-refractivity contribution in [1.29, 1.82) is 0 Å². The Kier molecular flexibility index (Phi) is 7.13. The highest BCUT2D eigenvalue weighted by Crippen LogP contribution is 2.22. The normalized spacial score (nSPS) is 11.8. The Morgan fingerprint density at radius 1 is 1.21 bits per heavy atom. The predicted octanol–water partition coefficient (Wildman–Crippen LogP) is 3.33. The summed E-state index contributed by atoms with van der Waals surface area (Å²) in [7, 11) is 0. The van der Waals surface area contributed by atoms with Crippen molar-refractivity contribution in [2.24, 2.45) is 0 Å².